The molecular formula is C13H6Cl2O3S. The third-order valence-corrected chi connectivity index (χ3v) is 3.80. The fourth-order valence-electron chi connectivity index (χ4n) is 1.89. The molecule has 0 aliphatic carbocycles. The van der Waals surface area contributed by atoms with Crippen LogP contribution in [0.3, 0.4) is 0 Å². The number of fused-ring (bicyclic) bond motifs is 1. The summed E-state index contributed by atoms with van der Waals surface area (Å²) in [5, 5.41) is 10.7. The molecule has 3 aromatic rings. The van der Waals surface area contributed by atoms with Crippen molar-refractivity contribution in [3.05, 3.63) is 50.1 Å². The van der Waals surface area contributed by atoms with E-state index in [2.05, 4.69) is 0 Å². The Balaban J connectivity index is 2.37. The summed E-state index contributed by atoms with van der Waals surface area (Å²) in [7, 11) is 0. The minimum absolute atomic E-state index is 0.0515. The van der Waals surface area contributed by atoms with Gasteiger partial charge in [-0.05, 0) is 29.8 Å². The Morgan fingerprint density at radius 3 is 2.42 bits per heavy atom. The van der Waals surface area contributed by atoms with E-state index >= 15 is 0 Å². The molecule has 2 aromatic carbocycles. The predicted octanol–water partition coefficient (Wildman–Crippen LogP) is 4.53. The van der Waals surface area contributed by atoms with E-state index in [-0.39, 0.29) is 5.75 Å². The van der Waals surface area contributed by atoms with E-state index in [0.717, 1.165) is 11.3 Å². The summed E-state index contributed by atoms with van der Waals surface area (Å²) < 4.78 is 5.73. The van der Waals surface area contributed by atoms with Crippen LogP contribution in [0.4, 0.5) is 0 Å². The van der Waals surface area contributed by atoms with Crippen LogP contribution in [0.1, 0.15) is 0 Å². The van der Waals surface area contributed by atoms with Gasteiger partial charge < -0.3 is 9.52 Å². The van der Waals surface area contributed by atoms with Crippen molar-refractivity contribution in [2.45, 2.75) is 0 Å². The van der Waals surface area contributed by atoms with Gasteiger partial charge in [0.15, 0.2) is 5.58 Å². The van der Waals surface area contributed by atoms with Crippen molar-refractivity contribution in [1.29, 1.82) is 0 Å². The zero-order chi connectivity index (χ0) is 13.6. The summed E-state index contributed by atoms with van der Waals surface area (Å²) in [6.45, 7) is 0. The first-order valence-electron chi connectivity index (χ1n) is 5.26. The Bertz CT molecular complexity index is 815. The Hall–Kier alpha value is -1.49. The zero-order valence-electron chi connectivity index (χ0n) is 9.31. The van der Waals surface area contributed by atoms with Crippen LogP contribution in [0.15, 0.2) is 39.5 Å². The predicted molar refractivity (Wildman–Crippen MR) is 77.5 cm³/mol. The fourth-order valence-corrected chi connectivity index (χ4v) is 3.14. The molecule has 0 unspecified atom stereocenters. The lowest BCUT2D eigenvalue weighted by atomic mass is 10.0. The average molecular weight is 313 g/mol. The molecule has 0 aliphatic rings. The van der Waals surface area contributed by atoms with Crippen molar-refractivity contribution in [3.63, 3.8) is 0 Å². The molecule has 96 valence electrons. The van der Waals surface area contributed by atoms with Crippen molar-refractivity contribution < 1.29 is 9.52 Å². The van der Waals surface area contributed by atoms with E-state index in [1.165, 1.54) is 12.1 Å². The van der Waals surface area contributed by atoms with Crippen LogP contribution >= 0.6 is 34.5 Å². The first-order chi connectivity index (χ1) is 9.02. The fraction of sp³-hybridized carbons (Fsp3) is 0. The lowest BCUT2D eigenvalue weighted by Gasteiger charge is -2.05. The third kappa shape index (κ3) is 2.34. The second kappa shape index (κ2) is 4.56. The van der Waals surface area contributed by atoms with Gasteiger partial charge in [-0.25, -0.2) is 4.79 Å². The normalized spacial score (nSPS) is 11.1. The summed E-state index contributed by atoms with van der Waals surface area (Å²) in [6.07, 6.45) is 0. The smallest absolute Gasteiger partial charge is 0.396 e. The lowest BCUT2D eigenvalue weighted by molar-refractivity contribution is 0.476. The van der Waals surface area contributed by atoms with Crippen molar-refractivity contribution in [2.24, 2.45) is 0 Å². The van der Waals surface area contributed by atoms with Crippen LogP contribution in [0.5, 0.6) is 5.75 Å². The van der Waals surface area contributed by atoms with Gasteiger partial charge in [0.05, 0.1) is 4.70 Å². The van der Waals surface area contributed by atoms with Gasteiger partial charge in [-0.15, -0.1) is 0 Å². The maximum atomic E-state index is 11.3. The number of rotatable bonds is 1. The van der Waals surface area contributed by atoms with E-state index < -0.39 is 4.94 Å². The molecule has 1 aromatic heterocycles. The monoisotopic (exact) mass is 312 g/mol. The summed E-state index contributed by atoms with van der Waals surface area (Å²) in [5.74, 6) is 0.0515. The largest absolute Gasteiger partial charge is 0.508 e. The molecule has 19 heavy (non-hydrogen) atoms. The topological polar surface area (TPSA) is 50.4 Å². The molecule has 0 spiro atoms. The van der Waals surface area contributed by atoms with E-state index in [1.807, 2.05) is 0 Å². The highest BCUT2D eigenvalue weighted by Gasteiger charge is 2.13. The summed E-state index contributed by atoms with van der Waals surface area (Å²) in [5.41, 5.74) is 1.68. The highest BCUT2D eigenvalue weighted by atomic mass is 35.5. The maximum Gasteiger partial charge on any atom is 0.396 e. The van der Waals surface area contributed by atoms with Crippen LogP contribution in [0.2, 0.25) is 10.0 Å². The van der Waals surface area contributed by atoms with E-state index in [0.29, 0.717) is 31.5 Å². The highest BCUT2D eigenvalue weighted by Crippen LogP contribution is 2.36. The molecule has 3 nitrogen and oxygen atoms in total. The van der Waals surface area contributed by atoms with Crippen LogP contribution in [-0.4, -0.2) is 5.11 Å². The van der Waals surface area contributed by atoms with E-state index in [1.54, 1.807) is 18.2 Å². The molecule has 0 aliphatic heterocycles. The Labute approximate surface area is 121 Å². The molecule has 0 bridgehead atoms. The molecule has 0 saturated heterocycles. The number of hydrogen-bond acceptors (Lipinski definition) is 4. The van der Waals surface area contributed by atoms with E-state index in [9.17, 15) is 9.90 Å². The van der Waals surface area contributed by atoms with Gasteiger partial charge in [0.1, 0.15) is 5.75 Å². The number of halogens is 2. The van der Waals surface area contributed by atoms with Crippen LogP contribution in [0.25, 0.3) is 21.4 Å². The molecule has 1 heterocycles. The lowest BCUT2D eigenvalue weighted by Crippen LogP contribution is -1.82. The van der Waals surface area contributed by atoms with Crippen LogP contribution in [-0.2, 0) is 0 Å². The van der Waals surface area contributed by atoms with Crippen molar-refractivity contribution in [2.75, 3.05) is 0 Å². The van der Waals surface area contributed by atoms with Gasteiger partial charge in [0.2, 0.25) is 0 Å². The van der Waals surface area contributed by atoms with Crippen molar-refractivity contribution in [3.8, 4) is 16.9 Å². The van der Waals surface area contributed by atoms with Gasteiger partial charge in [0, 0.05) is 21.7 Å². The molecule has 0 saturated carbocycles. The van der Waals surface area contributed by atoms with Crippen LogP contribution in [0, 0.1) is 0 Å². The number of phenols is 1. The summed E-state index contributed by atoms with van der Waals surface area (Å²) in [4.78, 5) is 10.9. The quantitative estimate of drug-likeness (QED) is 0.718. The number of benzene rings is 2. The minimum Gasteiger partial charge on any atom is -0.508 e. The second-order valence-corrected chi connectivity index (χ2v) is 5.78. The molecule has 0 amide bonds. The average Bonchev–Trinajstić information content (AvgIpc) is 2.66. The molecule has 1 N–H and O–H groups in total. The van der Waals surface area contributed by atoms with Gasteiger partial charge in [-0.1, -0.05) is 34.5 Å². The molecule has 3 rings (SSSR count). The van der Waals surface area contributed by atoms with Crippen molar-refractivity contribution >= 4 is 44.8 Å². The first kappa shape index (κ1) is 12.5. The van der Waals surface area contributed by atoms with Crippen molar-refractivity contribution in [1.82, 2.24) is 0 Å². The highest BCUT2D eigenvalue weighted by molar-refractivity contribution is 7.16. The number of phenolic OH excluding ortho intramolecular Hbond substituents is 1. The Kier molecular flexibility index (Phi) is 3.01. The van der Waals surface area contributed by atoms with Gasteiger partial charge in [-0.2, -0.15) is 0 Å². The summed E-state index contributed by atoms with van der Waals surface area (Å²) in [6, 6.07) is 8.00. The minimum atomic E-state index is -0.421. The molecule has 0 atom stereocenters. The van der Waals surface area contributed by atoms with Gasteiger partial charge in [0.25, 0.3) is 0 Å². The summed E-state index contributed by atoms with van der Waals surface area (Å²) >= 11 is 12.9. The Morgan fingerprint density at radius 2 is 1.74 bits per heavy atom. The zero-order valence-corrected chi connectivity index (χ0v) is 11.6. The SMILES string of the molecule is O=c1oc2c(-c3cc(Cl)cc(Cl)c3)cc(O)cc2s1. The van der Waals surface area contributed by atoms with Gasteiger partial charge in [-0.3, -0.25) is 0 Å². The second-order valence-electron chi connectivity index (χ2n) is 3.93. The Morgan fingerprint density at radius 1 is 1.05 bits per heavy atom. The third-order valence-electron chi connectivity index (χ3n) is 2.59. The molecular weight excluding hydrogens is 307 g/mol. The first-order valence-corrected chi connectivity index (χ1v) is 6.83. The maximum absolute atomic E-state index is 11.3. The van der Waals surface area contributed by atoms with E-state index in [4.69, 9.17) is 27.6 Å². The van der Waals surface area contributed by atoms with Crippen LogP contribution < -0.4 is 4.94 Å². The van der Waals surface area contributed by atoms with Gasteiger partial charge >= 0.3 is 4.94 Å². The molecule has 6 heteroatoms. The number of hydrogen-bond donors (Lipinski definition) is 1. The molecule has 0 radical (unpaired) electrons. The molecule has 0 fully saturated rings. The standard InChI is InChI=1S/C13H6Cl2O3S/c14-7-1-6(2-8(15)3-7)10-4-9(16)5-11-12(10)18-13(17)19-11/h1-5,16H. The number of aromatic hydroxyl groups is 1.